The lowest BCUT2D eigenvalue weighted by atomic mass is 10.1. The molecule has 0 unspecified atom stereocenters. The fourth-order valence-corrected chi connectivity index (χ4v) is 4.02. The average Bonchev–Trinajstić information content (AvgIpc) is 2.66. The third kappa shape index (κ3) is 3.19. The van der Waals surface area contributed by atoms with Crippen molar-refractivity contribution in [2.24, 2.45) is 0 Å². The molecular weight excluding hydrogens is 346 g/mol. The Hall–Kier alpha value is -2.04. The van der Waals surface area contributed by atoms with Gasteiger partial charge in [0.1, 0.15) is 5.75 Å². The monoisotopic (exact) mass is 369 g/mol. The molecule has 1 aliphatic heterocycles. The van der Waals surface area contributed by atoms with E-state index in [1.54, 1.807) is 7.11 Å². The van der Waals surface area contributed by atoms with Crippen LogP contribution >= 0.6 is 11.6 Å². The Labute approximate surface area is 159 Å². The van der Waals surface area contributed by atoms with Crippen LogP contribution in [-0.2, 0) is 0 Å². The van der Waals surface area contributed by atoms with Crippen LogP contribution < -0.4 is 9.64 Å². The summed E-state index contributed by atoms with van der Waals surface area (Å²) < 4.78 is 5.47. The molecule has 2 aromatic carbocycles. The second-order valence-corrected chi connectivity index (χ2v) is 7.27. The molecule has 5 heteroatoms. The number of anilines is 1. The van der Waals surface area contributed by atoms with Crippen LogP contribution in [-0.4, -0.2) is 49.7 Å². The van der Waals surface area contributed by atoms with Gasteiger partial charge in [0, 0.05) is 42.0 Å². The standard InChI is InChI=1S/C21H24ClN3O/c1-3-8-24-9-11-25(12-10-24)21-17-6-4-15(22)13-20(17)23-19-7-5-16(26-2)14-18(19)21/h4-7,13-14H,3,8-12H2,1-2H3. The van der Waals surface area contributed by atoms with Crippen LogP contribution in [0.5, 0.6) is 5.75 Å². The molecule has 0 radical (unpaired) electrons. The summed E-state index contributed by atoms with van der Waals surface area (Å²) in [6.45, 7) is 7.65. The van der Waals surface area contributed by atoms with Crippen molar-refractivity contribution < 1.29 is 4.74 Å². The Bertz CT molecular complexity index is 935. The molecule has 1 saturated heterocycles. The van der Waals surface area contributed by atoms with E-state index >= 15 is 0 Å². The molecule has 26 heavy (non-hydrogen) atoms. The normalized spacial score (nSPS) is 15.7. The Morgan fingerprint density at radius 3 is 2.54 bits per heavy atom. The third-order valence-corrected chi connectivity index (χ3v) is 5.38. The molecule has 1 aromatic heterocycles. The largest absolute Gasteiger partial charge is 0.497 e. The van der Waals surface area contributed by atoms with Gasteiger partial charge < -0.3 is 9.64 Å². The highest BCUT2D eigenvalue weighted by Gasteiger charge is 2.21. The van der Waals surface area contributed by atoms with Crippen molar-refractivity contribution in [3.63, 3.8) is 0 Å². The maximum absolute atomic E-state index is 6.23. The van der Waals surface area contributed by atoms with Gasteiger partial charge in [0.25, 0.3) is 0 Å². The zero-order valence-electron chi connectivity index (χ0n) is 15.3. The summed E-state index contributed by atoms with van der Waals surface area (Å²) in [4.78, 5) is 9.87. The first-order valence-corrected chi connectivity index (χ1v) is 9.61. The van der Waals surface area contributed by atoms with E-state index in [2.05, 4.69) is 28.9 Å². The van der Waals surface area contributed by atoms with Crippen LogP contribution in [0, 0.1) is 0 Å². The topological polar surface area (TPSA) is 28.6 Å². The number of hydrogen-bond acceptors (Lipinski definition) is 4. The summed E-state index contributed by atoms with van der Waals surface area (Å²) >= 11 is 6.23. The van der Waals surface area contributed by atoms with E-state index in [0.717, 1.165) is 58.8 Å². The van der Waals surface area contributed by atoms with Gasteiger partial charge in [-0.1, -0.05) is 18.5 Å². The molecule has 2 heterocycles. The van der Waals surface area contributed by atoms with Crippen molar-refractivity contribution in [3.8, 4) is 5.75 Å². The number of piperazine rings is 1. The van der Waals surface area contributed by atoms with Gasteiger partial charge in [0.2, 0.25) is 0 Å². The van der Waals surface area contributed by atoms with E-state index in [1.165, 1.54) is 18.7 Å². The number of fused-ring (bicyclic) bond motifs is 2. The molecule has 0 amide bonds. The Morgan fingerprint density at radius 1 is 1.00 bits per heavy atom. The van der Waals surface area contributed by atoms with Gasteiger partial charge in [-0.3, -0.25) is 4.90 Å². The van der Waals surface area contributed by atoms with E-state index in [4.69, 9.17) is 21.3 Å². The highest BCUT2D eigenvalue weighted by molar-refractivity contribution is 6.31. The molecule has 0 N–H and O–H groups in total. The number of nitrogens with zero attached hydrogens (tertiary/aromatic N) is 3. The molecule has 3 aromatic rings. The van der Waals surface area contributed by atoms with Crippen LogP contribution in [0.4, 0.5) is 5.69 Å². The van der Waals surface area contributed by atoms with E-state index in [9.17, 15) is 0 Å². The first kappa shape index (κ1) is 17.4. The minimum atomic E-state index is 0.719. The lowest BCUT2D eigenvalue weighted by Crippen LogP contribution is -2.46. The molecule has 136 valence electrons. The molecule has 1 aliphatic rings. The smallest absolute Gasteiger partial charge is 0.119 e. The van der Waals surface area contributed by atoms with Gasteiger partial charge in [-0.15, -0.1) is 0 Å². The van der Waals surface area contributed by atoms with Gasteiger partial charge in [-0.05, 0) is 49.4 Å². The van der Waals surface area contributed by atoms with Gasteiger partial charge in [-0.2, -0.15) is 0 Å². The maximum Gasteiger partial charge on any atom is 0.119 e. The Balaban J connectivity index is 1.86. The van der Waals surface area contributed by atoms with Gasteiger partial charge in [-0.25, -0.2) is 4.98 Å². The molecular formula is C21H24ClN3O. The summed E-state index contributed by atoms with van der Waals surface area (Å²) in [6.07, 6.45) is 1.21. The lowest BCUT2D eigenvalue weighted by molar-refractivity contribution is 0.259. The zero-order valence-corrected chi connectivity index (χ0v) is 16.1. The number of rotatable bonds is 4. The van der Waals surface area contributed by atoms with Gasteiger partial charge >= 0.3 is 0 Å². The number of pyridine rings is 1. The van der Waals surface area contributed by atoms with E-state index in [0.29, 0.717) is 0 Å². The maximum atomic E-state index is 6.23. The summed E-state index contributed by atoms with van der Waals surface area (Å²) in [7, 11) is 1.71. The Morgan fingerprint density at radius 2 is 1.81 bits per heavy atom. The molecule has 0 bridgehead atoms. The van der Waals surface area contributed by atoms with E-state index < -0.39 is 0 Å². The highest BCUT2D eigenvalue weighted by Crippen LogP contribution is 2.37. The van der Waals surface area contributed by atoms with Crippen molar-refractivity contribution in [1.29, 1.82) is 0 Å². The van der Waals surface area contributed by atoms with Gasteiger partial charge in [0.05, 0.1) is 23.8 Å². The molecule has 0 aliphatic carbocycles. The minimum absolute atomic E-state index is 0.719. The SMILES string of the molecule is CCCN1CCN(c2c3ccc(Cl)cc3nc3ccc(OC)cc23)CC1. The lowest BCUT2D eigenvalue weighted by Gasteiger charge is -2.37. The fraction of sp³-hybridized carbons (Fsp3) is 0.381. The first-order chi connectivity index (χ1) is 12.7. The number of benzene rings is 2. The van der Waals surface area contributed by atoms with Crippen LogP contribution in [0.2, 0.25) is 5.02 Å². The summed E-state index contributed by atoms with van der Waals surface area (Å²) in [6, 6.07) is 12.1. The van der Waals surface area contributed by atoms with Crippen LogP contribution in [0.3, 0.4) is 0 Å². The van der Waals surface area contributed by atoms with Gasteiger partial charge in [0.15, 0.2) is 0 Å². The number of aromatic nitrogens is 1. The molecule has 4 rings (SSSR count). The van der Waals surface area contributed by atoms with Crippen molar-refractivity contribution in [2.75, 3.05) is 44.7 Å². The van der Waals surface area contributed by atoms with Crippen molar-refractivity contribution in [1.82, 2.24) is 9.88 Å². The van der Waals surface area contributed by atoms with Crippen molar-refractivity contribution in [3.05, 3.63) is 41.4 Å². The molecule has 0 spiro atoms. The van der Waals surface area contributed by atoms with Crippen LogP contribution in [0.1, 0.15) is 13.3 Å². The predicted molar refractivity (Wildman–Crippen MR) is 110 cm³/mol. The Kier molecular flexibility index (Phi) is 4.88. The molecule has 0 atom stereocenters. The zero-order chi connectivity index (χ0) is 18.1. The second kappa shape index (κ2) is 7.29. The molecule has 1 fully saturated rings. The summed E-state index contributed by atoms with van der Waals surface area (Å²) in [5, 5.41) is 3.01. The number of hydrogen-bond donors (Lipinski definition) is 0. The van der Waals surface area contributed by atoms with E-state index in [1.807, 2.05) is 24.3 Å². The number of methoxy groups -OCH3 is 1. The summed E-state index contributed by atoms with van der Waals surface area (Å²) in [5.74, 6) is 0.860. The fourth-order valence-electron chi connectivity index (χ4n) is 3.85. The van der Waals surface area contributed by atoms with Crippen molar-refractivity contribution >= 4 is 39.1 Å². The van der Waals surface area contributed by atoms with Crippen LogP contribution in [0.25, 0.3) is 21.8 Å². The van der Waals surface area contributed by atoms with E-state index in [-0.39, 0.29) is 0 Å². The average molecular weight is 370 g/mol. The number of halogens is 1. The number of ether oxygens (including phenoxy) is 1. The summed E-state index contributed by atoms with van der Waals surface area (Å²) in [5.41, 5.74) is 3.17. The molecule has 0 saturated carbocycles. The van der Waals surface area contributed by atoms with Crippen molar-refractivity contribution in [2.45, 2.75) is 13.3 Å². The predicted octanol–water partition coefficient (Wildman–Crippen LogP) is 4.58. The first-order valence-electron chi connectivity index (χ1n) is 9.24. The highest BCUT2D eigenvalue weighted by atomic mass is 35.5. The second-order valence-electron chi connectivity index (χ2n) is 6.83. The van der Waals surface area contributed by atoms with Crippen LogP contribution in [0.15, 0.2) is 36.4 Å². The minimum Gasteiger partial charge on any atom is -0.497 e. The molecule has 4 nitrogen and oxygen atoms in total. The quantitative estimate of drug-likeness (QED) is 0.629. The third-order valence-electron chi connectivity index (χ3n) is 5.14.